The van der Waals surface area contributed by atoms with E-state index < -0.39 is 0 Å². The maximum atomic E-state index is 3.85. The lowest BCUT2D eigenvalue weighted by molar-refractivity contribution is 0.182. The molecule has 0 amide bonds. The van der Waals surface area contributed by atoms with Gasteiger partial charge in [0.2, 0.25) is 0 Å². The lowest BCUT2D eigenvalue weighted by Crippen LogP contribution is -2.50. The molecule has 1 spiro atoms. The van der Waals surface area contributed by atoms with E-state index in [1.165, 1.54) is 51.1 Å². The lowest BCUT2D eigenvalue weighted by atomic mass is 10.0. The van der Waals surface area contributed by atoms with Crippen molar-refractivity contribution in [1.82, 2.24) is 10.2 Å². The first kappa shape index (κ1) is 11.7. The van der Waals surface area contributed by atoms with Gasteiger partial charge in [0.25, 0.3) is 0 Å². The molecule has 0 aromatic heterocycles. The van der Waals surface area contributed by atoms with E-state index in [4.69, 9.17) is 0 Å². The van der Waals surface area contributed by atoms with E-state index in [9.17, 15) is 0 Å². The molecule has 1 N–H and O–H groups in total. The van der Waals surface area contributed by atoms with E-state index in [1.54, 1.807) is 0 Å². The van der Waals surface area contributed by atoms with Crippen molar-refractivity contribution in [3.8, 4) is 0 Å². The van der Waals surface area contributed by atoms with Crippen LogP contribution in [0.15, 0.2) is 0 Å². The number of likely N-dealkylation sites (tertiary alicyclic amines) is 1. The predicted octanol–water partition coefficient (Wildman–Crippen LogP) is 2.30. The highest BCUT2D eigenvalue weighted by Gasteiger charge is 2.40. The van der Waals surface area contributed by atoms with Crippen molar-refractivity contribution in [3.63, 3.8) is 0 Å². The minimum Gasteiger partial charge on any atom is -0.303 e. The van der Waals surface area contributed by atoms with Crippen LogP contribution >= 0.6 is 11.8 Å². The number of rotatable bonds is 3. The molecule has 88 valence electrons. The van der Waals surface area contributed by atoms with Crippen LogP contribution in [-0.2, 0) is 0 Å². The number of nitrogens with one attached hydrogen (secondary N) is 1. The first-order chi connectivity index (χ1) is 7.28. The van der Waals surface area contributed by atoms with E-state index in [1.807, 2.05) is 0 Å². The Kier molecular flexibility index (Phi) is 3.97. The van der Waals surface area contributed by atoms with Gasteiger partial charge in [-0.15, -0.1) is 11.8 Å². The van der Waals surface area contributed by atoms with Crippen molar-refractivity contribution in [2.24, 2.45) is 0 Å². The number of thioether (sulfide) groups is 1. The van der Waals surface area contributed by atoms with Gasteiger partial charge in [0.05, 0.1) is 4.87 Å². The Hall–Kier alpha value is 0.270. The molecule has 0 aromatic rings. The van der Waals surface area contributed by atoms with Crippen LogP contribution < -0.4 is 5.32 Å². The van der Waals surface area contributed by atoms with E-state index in [0.29, 0.717) is 4.87 Å². The molecule has 0 bridgehead atoms. The summed E-state index contributed by atoms with van der Waals surface area (Å²) in [7, 11) is 0. The second-order valence-electron chi connectivity index (χ2n) is 4.90. The molecule has 0 radical (unpaired) electrons. The summed E-state index contributed by atoms with van der Waals surface area (Å²) in [5, 5.41) is 3.85. The summed E-state index contributed by atoms with van der Waals surface area (Å²) in [6, 6.07) is 0.771. The van der Waals surface area contributed by atoms with Gasteiger partial charge in [0.15, 0.2) is 0 Å². The van der Waals surface area contributed by atoms with Gasteiger partial charge >= 0.3 is 0 Å². The lowest BCUT2D eigenvalue weighted by Gasteiger charge is -2.39. The van der Waals surface area contributed by atoms with Crippen LogP contribution in [-0.4, -0.2) is 41.2 Å². The first-order valence-corrected chi connectivity index (χ1v) is 7.40. The van der Waals surface area contributed by atoms with Crippen LogP contribution in [0.1, 0.15) is 39.5 Å². The molecule has 2 aliphatic rings. The van der Waals surface area contributed by atoms with Crippen LogP contribution in [0.2, 0.25) is 0 Å². The summed E-state index contributed by atoms with van der Waals surface area (Å²) in [6.07, 6.45) is 5.26. The molecular weight excluding hydrogens is 204 g/mol. The second-order valence-corrected chi connectivity index (χ2v) is 6.30. The Morgan fingerprint density at radius 3 is 2.60 bits per heavy atom. The topological polar surface area (TPSA) is 15.3 Å². The largest absolute Gasteiger partial charge is 0.303 e. The van der Waals surface area contributed by atoms with Crippen LogP contribution in [0.5, 0.6) is 0 Å². The minimum absolute atomic E-state index is 0.449. The minimum atomic E-state index is 0.449. The molecule has 2 aliphatic heterocycles. The summed E-state index contributed by atoms with van der Waals surface area (Å²) in [4.78, 5) is 3.07. The van der Waals surface area contributed by atoms with Crippen LogP contribution in [0.3, 0.4) is 0 Å². The van der Waals surface area contributed by atoms with E-state index in [0.717, 1.165) is 6.04 Å². The van der Waals surface area contributed by atoms with Gasteiger partial charge in [-0.25, -0.2) is 0 Å². The van der Waals surface area contributed by atoms with Gasteiger partial charge in [-0.2, -0.15) is 0 Å². The zero-order valence-corrected chi connectivity index (χ0v) is 10.9. The summed E-state index contributed by atoms with van der Waals surface area (Å²) in [6.45, 7) is 8.45. The highest BCUT2D eigenvalue weighted by atomic mass is 32.2. The molecule has 1 unspecified atom stereocenters. The van der Waals surface area contributed by atoms with Crippen molar-refractivity contribution in [1.29, 1.82) is 0 Å². The van der Waals surface area contributed by atoms with Gasteiger partial charge < -0.3 is 4.90 Å². The number of hydrogen-bond donors (Lipinski definition) is 1. The molecule has 2 rings (SSSR count). The quantitative estimate of drug-likeness (QED) is 0.798. The van der Waals surface area contributed by atoms with Crippen molar-refractivity contribution in [2.45, 2.75) is 50.4 Å². The predicted molar refractivity (Wildman–Crippen MR) is 68.4 cm³/mol. The molecular formula is C12H24N2S. The Morgan fingerprint density at radius 1 is 1.33 bits per heavy atom. The SMILES string of the molecule is CCCN1CCC2(CC1)NC(CC)CS2. The summed E-state index contributed by atoms with van der Waals surface area (Å²) in [5.41, 5.74) is 0. The van der Waals surface area contributed by atoms with Crippen LogP contribution in [0, 0.1) is 0 Å². The third kappa shape index (κ3) is 2.69. The molecule has 1 atom stereocenters. The normalized spacial score (nSPS) is 31.2. The third-order valence-corrected chi connectivity index (χ3v) is 5.37. The molecule has 3 heteroatoms. The van der Waals surface area contributed by atoms with Crippen molar-refractivity contribution >= 4 is 11.8 Å². The van der Waals surface area contributed by atoms with Gasteiger partial charge in [0.1, 0.15) is 0 Å². The molecule has 2 fully saturated rings. The Balaban J connectivity index is 1.82. The van der Waals surface area contributed by atoms with Crippen LogP contribution in [0.25, 0.3) is 0 Å². The fourth-order valence-corrected chi connectivity index (χ4v) is 4.24. The molecule has 15 heavy (non-hydrogen) atoms. The van der Waals surface area contributed by atoms with Crippen molar-refractivity contribution in [2.75, 3.05) is 25.4 Å². The average Bonchev–Trinajstić information content (AvgIpc) is 2.66. The fraction of sp³-hybridized carbons (Fsp3) is 1.00. The molecule has 0 aliphatic carbocycles. The first-order valence-electron chi connectivity index (χ1n) is 6.42. The Morgan fingerprint density at radius 2 is 2.07 bits per heavy atom. The molecule has 0 saturated carbocycles. The van der Waals surface area contributed by atoms with E-state index in [2.05, 4.69) is 35.8 Å². The van der Waals surface area contributed by atoms with Gasteiger partial charge in [-0.3, -0.25) is 5.32 Å². The maximum absolute atomic E-state index is 3.85. The Bertz CT molecular complexity index is 200. The van der Waals surface area contributed by atoms with Crippen LogP contribution in [0.4, 0.5) is 0 Å². The maximum Gasteiger partial charge on any atom is 0.0672 e. The number of nitrogens with zero attached hydrogens (tertiary/aromatic N) is 1. The van der Waals surface area contributed by atoms with Gasteiger partial charge in [0, 0.05) is 24.9 Å². The molecule has 2 saturated heterocycles. The average molecular weight is 228 g/mol. The van der Waals surface area contributed by atoms with E-state index >= 15 is 0 Å². The highest BCUT2D eigenvalue weighted by Crippen LogP contribution is 2.39. The zero-order valence-electron chi connectivity index (χ0n) is 10.1. The summed E-state index contributed by atoms with van der Waals surface area (Å²) in [5.74, 6) is 1.32. The smallest absolute Gasteiger partial charge is 0.0672 e. The van der Waals surface area contributed by atoms with Gasteiger partial charge in [-0.1, -0.05) is 13.8 Å². The third-order valence-electron chi connectivity index (χ3n) is 3.72. The Labute approximate surface area is 98.2 Å². The molecule has 2 heterocycles. The highest BCUT2D eigenvalue weighted by molar-refractivity contribution is 8.00. The monoisotopic (exact) mass is 228 g/mol. The summed E-state index contributed by atoms with van der Waals surface area (Å²) < 4.78 is 0. The summed E-state index contributed by atoms with van der Waals surface area (Å²) >= 11 is 2.18. The van der Waals surface area contributed by atoms with Crippen molar-refractivity contribution in [3.05, 3.63) is 0 Å². The molecule has 0 aromatic carbocycles. The van der Waals surface area contributed by atoms with E-state index in [-0.39, 0.29) is 0 Å². The zero-order chi connectivity index (χ0) is 10.7. The van der Waals surface area contributed by atoms with Gasteiger partial charge in [-0.05, 0) is 32.2 Å². The standard InChI is InChI=1S/C12H24N2S/c1-3-7-14-8-5-12(6-9-14)13-11(4-2)10-15-12/h11,13H,3-10H2,1-2H3. The van der Waals surface area contributed by atoms with Crippen molar-refractivity contribution < 1.29 is 0 Å². The fourth-order valence-electron chi connectivity index (χ4n) is 2.68. The number of piperidine rings is 1. The molecule has 2 nitrogen and oxygen atoms in total. The second kappa shape index (κ2) is 5.07. The number of hydrogen-bond acceptors (Lipinski definition) is 3.